The van der Waals surface area contributed by atoms with Crippen molar-refractivity contribution < 1.29 is 13.2 Å². The Morgan fingerprint density at radius 1 is 1.19 bits per heavy atom. The standard InChI is InChI=1S/C19H20N2O4S/c1-26(24,25)13-21-12-16(7-8-18(21)22)19(23)20-11-14-9-17(10-14)15-5-3-2-4-6-15/h2-8,11-12,17H,9-10,13H2,1H3,(H,20,23). The van der Waals surface area contributed by atoms with Crippen LogP contribution in [0, 0.1) is 0 Å². The Kier molecular flexibility index (Phi) is 5.08. The van der Waals surface area contributed by atoms with Crippen molar-refractivity contribution in [2.24, 2.45) is 0 Å². The minimum absolute atomic E-state index is 0.240. The third-order valence-electron chi connectivity index (χ3n) is 4.31. The first kappa shape index (κ1) is 18.1. The van der Waals surface area contributed by atoms with Gasteiger partial charge in [-0.1, -0.05) is 35.9 Å². The Morgan fingerprint density at radius 3 is 2.54 bits per heavy atom. The summed E-state index contributed by atoms with van der Waals surface area (Å²) in [6.07, 6.45) is 5.81. The van der Waals surface area contributed by atoms with E-state index in [1.165, 1.54) is 23.9 Å². The van der Waals surface area contributed by atoms with E-state index in [0.717, 1.165) is 29.2 Å². The molecule has 0 saturated heterocycles. The minimum atomic E-state index is -3.38. The summed E-state index contributed by atoms with van der Waals surface area (Å²) in [6, 6.07) is 12.8. The number of carbonyl (C=O) groups is 1. The Bertz CT molecular complexity index is 999. The van der Waals surface area contributed by atoms with E-state index in [9.17, 15) is 18.0 Å². The molecule has 136 valence electrons. The number of benzene rings is 1. The first-order valence-electron chi connectivity index (χ1n) is 8.24. The molecule has 7 heteroatoms. The van der Waals surface area contributed by atoms with Gasteiger partial charge in [0.1, 0.15) is 5.88 Å². The number of carbonyl (C=O) groups excluding carboxylic acids is 1. The van der Waals surface area contributed by atoms with Gasteiger partial charge >= 0.3 is 0 Å². The Balaban J connectivity index is 1.63. The number of sulfone groups is 1. The number of nitrogens with zero attached hydrogens (tertiary/aromatic N) is 1. The predicted octanol–water partition coefficient (Wildman–Crippen LogP) is 2.04. The molecule has 0 atom stereocenters. The van der Waals surface area contributed by atoms with Gasteiger partial charge in [-0.3, -0.25) is 14.2 Å². The van der Waals surface area contributed by atoms with Gasteiger partial charge in [-0.2, -0.15) is 0 Å². The zero-order chi connectivity index (χ0) is 18.7. The molecule has 0 bridgehead atoms. The highest BCUT2D eigenvalue weighted by atomic mass is 32.2. The lowest BCUT2D eigenvalue weighted by Crippen LogP contribution is -2.26. The second-order valence-corrected chi connectivity index (χ2v) is 8.68. The van der Waals surface area contributed by atoms with Crippen LogP contribution in [0.5, 0.6) is 0 Å². The molecule has 0 radical (unpaired) electrons. The van der Waals surface area contributed by atoms with E-state index in [1.807, 2.05) is 18.2 Å². The van der Waals surface area contributed by atoms with Gasteiger partial charge in [0.15, 0.2) is 9.84 Å². The number of hydrogen-bond donors (Lipinski definition) is 1. The molecule has 0 aliphatic heterocycles. The summed E-state index contributed by atoms with van der Waals surface area (Å²) in [5.41, 5.74) is 2.22. The number of allylic oxidation sites excluding steroid dienone is 1. The quantitative estimate of drug-likeness (QED) is 0.870. The van der Waals surface area contributed by atoms with Crippen LogP contribution in [0.25, 0.3) is 0 Å². The van der Waals surface area contributed by atoms with Gasteiger partial charge in [0.25, 0.3) is 11.5 Å². The van der Waals surface area contributed by atoms with E-state index in [4.69, 9.17) is 0 Å². The molecule has 2 aromatic rings. The van der Waals surface area contributed by atoms with Crippen LogP contribution in [-0.4, -0.2) is 25.1 Å². The third kappa shape index (κ3) is 4.49. The second kappa shape index (κ2) is 7.29. The fourth-order valence-corrected chi connectivity index (χ4v) is 3.63. The first-order chi connectivity index (χ1) is 12.3. The van der Waals surface area contributed by atoms with Crippen molar-refractivity contribution >= 4 is 15.7 Å². The number of hydrogen-bond acceptors (Lipinski definition) is 4. The molecular formula is C19H20N2O4S. The summed E-state index contributed by atoms with van der Waals surface area (Å²) in [5.74, 6) is -0.341. The summed E-state index contributed by atoms with van der Waals surface area (Å²) in [6.45, 7) is 0. The van der Waals surface area contributed by atoms with E-state index < -0.39 is 21.3 Å². The molecule has 1 aromatic carbocycles. The molecule has 26 heavy (non-hydrogen) atoms. The molecule has 1 aliphatic rings. The molecule has 3 rings (SSSR count). The van der Waals surface area contributed by atoms with Crippen molar-refractivity contribution in [1.82, 2.24) is 9.88 Å². The van der Waals surface area contributed by atoms with Gasteiger partial charge in [-0.25, -0.2) is 8.42 Å². The number of rotatable bonds is 5. The third-order valence-corrected chi connectivity index (χ3v) is 5.06. The molecular weight excluding hydrogens is 352 g/mol. The smallest absolute Gasteiger partial charge is 0.256 e. The minimum Gasteiger partial charge on any atom is -0.329 e. The normalized spacial score (nSPS) is 16.7. The summed E-state index contributed by atoms with van der Waals surface area (Å²) >= 11 is 0. The number of amides is 1. The van der Waals surface area contributed by atoms with Gasteiger partial charge in [0.05, 0.1) is 5.56 Å². The molecule has 6 nitrogen and oxygen atoms in total. The zero-order valence-corrected chi connectivity index (χ0v) is 15.2. The molecule has 1 heterocycles. The first-order valence-corrected chi connectivity index (χ1v) is 10.3. The predicted molar refractivity (Wildman–Crippen MR) is 99.5 cm³/mol. The Labute approximate surface area is 152 Å². The van der Waals surface area contributed by atoms with Crippen LogP contribution in [-0.2, 0) is 15.7 Å². The fraction of sp³-hybridized carbons (Fsp3) is 0.263. The maximum Gasteiger partial charge on any atom is 0.256 e. The Hall–Kier alpha value is -2.67. The Morgan fingerprint density at radius 2 is 1.88 bits per heavy atom. The van der Waals surface area contributed by atoms with E-state index in [2.05, 4.69) is 17.4 Å². The highest BCUT2D eigenvalue weighted by Gasteiger charge is 2.24. The van der Waals surface area contributed by atoms with E-state index in [0.29, 0.717) is 5.92 Å². The van der Waals surface area contributed by atoms with Crippen LogP contribution in [0.1, 0.15) is 34.7 Å². The largest absolute Gasteiger partial charge is 0.329 e. The molecule has 1 fully saturated rings. The van der Waals surface area contributed by atoms with Crippen molar-refractivity contribution in [3.63, 3.8) is 0 Å². The van der Waals surface area contributed by atoms with E-state index in [1.54, 1.807) is 6.20 Å². The van der Waals surface area contributed by atoms with Gasteiger partial charge in [0.2, 0.25) is 0 Å². The highest BCUT2D eigenvalue weighted by molar-refractivity contribution is 7.89. The van der Waals surface area contributed by atoms with Crippen LogP contribution in [0.15, 0.2) is 65.2 Å². The zero-order valence-electron chi connectivity index (χ0n) is 14.4. The van der Waals surface area contributed by atoms with Gasteiger partial charge in [0, 0.05) is 24.7 Å². The maximum absolute atomic E-state index is 12.2. The monoisotopic (exact) mass is 372 g/mol. The number of aromatic nitrogens is 1. The molecule has 1 N–H and O–H groups in total. The lowest BCUT2D eigenvalue weighted by Gasteiger charge is -2.29. The maximum atomic E-state index is 12.2. The van der Waals surface area contributed by atoms with Crippen molar-refractivity contribution in [2.75, 3.05) is 6.26 Å². The fourth-order valence-electron chi connectivity index (χ4n) is 2.92. The topological polar surface area (TPSA) is 85.2 Å². The molecule has 0 unspecified atom stereocenters. The summed E-state index contributed by atoms with van der Waals surface area (Å²) in [7, 11) is -3.38. The number of nitrogens with one attached hydrogen (secondary N) is 1. The van der Waals surface area contributed by atoms with Crippen LogP contribution in [0.4, 0.5) is 0 Å². The second-order valence-electron chi connectivity index (χ2n) is 6.57. The van der Waals surface area contributed by atoms with Gasteiger partial charge in [-0.15, -0.1) is 0 Å². The molecule has 1 aromatic heterocycles. The number of pyridine rings is 1. The summed E-state index contributed by atoms with van der Waals surface area (Å²) < 4.78 is 23.8. The van der Waals surface area contributed by atoms with Crippen LogP contribution < -0.4 is 10.9 Å². The SMILES string of the molecule is CS(=O)(=O)Cn1cc(C(=O)NC=C2CC(c3ccccc3)C2)ccc1=O. The lowest BCUT2D eigenvalue weighted by atomic mass is 9.76. The summed E-state index contributed by atoms with van der Waals surface area (Å²) in [5, 5.41) is 2.72. The van der Waals surface area contributed by atoms with Crippen molar-refractivity contribution in [1.29, 1.82) is 0 Å². The van der Waals surface area contributed by atoms with Crippen LogP contribution in [0.2, 0.25) is 0 Å². The molecule has 0 spiro atoms. The van der Waals surface area contributed by atoms with E-state index >= 15 is 0 Å². The van der Waals surface area contributed by atoms with E-state index in [-0.39, 0.29) is 11.5 Å². The highest BCUT2D eigenvalue weighted by Crippen LogP contribution is 2.40. The average molecular weight is 372 g/mol. The lowest BCUT2D eigenvalue weighted by molar-refractivity contribution is 0.0968. The van der Waals surface area contributed by atoms with Gasteiger partial charge < -0.3 is 5.32 Å². The van der Waals surface area contributed by atoms with Crippen molar-refractivity contribution in [3.8, 4) is 0 Å². The molecule has 1 amide bonds. The average Bonchev–Trinajstić information content (AvgIpc) is 2.55. The summed E-state index contributed by atoms with van der Waals surface area (Å²) in [4.78, 5) is 24.0. The molecule has 1 saturated carbocycles. The van der Waals surface area contributed by atoms with Crippen molar-refractivity contribution in [3.05, 3.63) is 81.9 Å². The van der Waals surface area contributed by atoms with Crippen LogP contribution >= 0.6 is 0 Å². The van der Waals surface area contributed by atoms with Gasteiger partial charge in [-0.05, 0) is 30.4 Å². The van der Waals surface area contributed by atoms with Crippen molar-refractivity contribution in [2.45, 2.75) is 24.6 Å². The van der Waals surface area contributed by atoms with Crippen LogP contribution in [0.3, 0.4) is 0 Å². The molecule has 1 aliphatic carbocycles.